The summed E-state index contributed by atoms with van der Waals surface area (Å²) in [6, 6.07) is 8.22. The van der Waals surface area contributed by atoms with Crippen LogP contribution >= 0.6 is 0 Å². The van der Waals surface area contributed by atoms with Crippen molar-refractivity contribution in [2.24, 2.45) is 0 Å². The van der Waals surface area contributed by atoms with Crippen molar-refractivity contribution < 1.29 is 9.59 Å². The number of amides is 2. The van der Waals surface area contributed by atoms with Crippen LogP contribution in [0.4, 0.5) is 5.69 Å². The Kier molecular flexibility index (Phi) is 3.77. The van der Waals surface area contributed by atoms with Gasteiger partial charge in [-0.1, -0.05) is 37.6 Å². The molecule has 4 nitrogen and oxygen atoms in total. The fraction of sp³-hybridized carbons (Fsp3) is 0.444. The van der Waals surface area contributed by atoms with E-state index in [1.54, 1.807) is 7.05 Å². The first-order valence-corrected chi connectivity index (χ1v) is 7.85. The molecular formula is C18H22N2O2. The quantitative estimate of drug-likeness (QED) is 0.804. The van der Waals surface area contributed by atoms with E-state index < -0.39 is 0 Å². The van der Waals surface area contributed by atoms with E-state index in [0.29, 0.717) is 0 Å². The van der Waals surface area contributed by atoms with E-state index in [-0.39, 0.29) is 23.8 Å². The molecule has 0 radical (unpaired) electrons. The topological polar surface area (TPSA) is 40.6 Å². The second kappa shape index (κ2) is 5.59. The zero-order valence-corrected chi connectivity index (χ0v) is 13.0. The van der Waals surface area contributed by atoms with Crippen molar-refractivity contribution in [3.8, 4) is 0 Å². The summed E-state index contributed by atoms with van der Waals surface area (Å²) in [4.78, 5) is 27.6. The fourth-order valence-corrected chi connectivity index (χ4v) is 3.85. The number of carbonyl (C=O) groups excluding carboxylic acids is 2. The predicted octanol–water partition coefficient (Wildman–Crippen LogP) is 2.49. The van der Waals surface area contributed by atoms with Crippen molar-refractivity contribution in [1.82, 2.24) is 4.90 Å². The lowest BCUT2D eigenvalue weighted by Crippen LogP contribution is -2.42. The van der Waals surface area contributed by atoms with E-state index >= 15 is 0 Å². The maximum atomic E-state index is 12.7. The maximum absolute atomic E-state index is 12.7. The van der Waals surface area contributed by atoms with E-state index in [1.165, 1.54) is 29.4 Å². The number of para-hydroxylation sites is 1. The molecule has 116 valence electrons. The Morgan fingerprint density at radius 1 is 1.32 bits per heavy atom. The summed E-state index contributed by atoms with van der Waals surface area (Å²) in [5.41, 5.74) is 2.46. The van der Waals surface area contributed by atoms with Crippen LogP contribution in [0.3, 0.4) is 0 Å². The summed E-state index contributed by atoms with van der Waals surface area (Å²) in [6.45, 7) is 4.31. The lowest BCUT2D eigenvalue weighted by molar-refractivity contribution is -0.130. The van der Waals surface area contributed by atoms with Crippen LogP contribution < -0.4 is 4.90 Å². The average molecular weight is 298 g/mol. The van der Waals surface area contributed by atoms with Crippen molar-refractivity contribution in [2.75, 3.05) is 25.0 Å². The molecule has 0 aromatic heterocycles. The molecule has 2 amide bonds. The lowest BCUT2D eigenvalue weighted by atomic mass is 9.81. The van der Waals surface area contributed by atoms with Gasteiger partial charge in [0.15, 0.2) is 0 Å². The van der Waals surface area contributed by atoms with Gasteiger partial charge in [-0.15, -0.1) is 0 Å². The highest BCUT2D eigenvalue weighted by Crippen LogP contribution is 2.50. The van der Waals surface area contributed by atoms with Gasteiger partial charge in [-0.25, -0.2) is 0 Å². The van der Waals surface area contributed by atoms with E-state index in [9.17, 15) is 9.59 Å². The number of benzene rings is 1. The molecule has 4 heteroatoms. The smallest absolute Gasteiger partial charge is 0.246 e. The van der Waals surface area contributed by atoms with Crippen LogP contribution in [0.1, 0.15) is 31.2 Å². The number of anilines is 1. The molecule has 1 saturated carbocycles. The number of carbonyl (C=O) groups is 2. The molecule has 22 heavy (non-hydrogen) atoms. The van der Waals surface area contributed by atoms with Gasteiger partial charge in [-0.3, -0.25) is 9.59 Å². The summed E-state index contributed by atoms with van der Waals surface area (Å²) in [7, 11) is 1.63. The molecule has 0 bridgehead atoms. The second-order valence-electron chi connectivity index (χ2n) is 6.38. The number of hydrogen-bond acceptors (Lipinski definition) is 2. The predicted molar refractivity (Wildman–Crippen MR) is 86.8 cm³/mol. The van der Waals surface area contributed by atoms with Crippen LogP contribution in [0.25, 0.3) is 0 Å². The molecule has 1 aromatic rings. The molecule has 1 aliphatic carbocycles. The molecule has 1 spiro atoms. The monoisotopic (exact) mass is 298 g/mol. The van der Waals surface area contributed by atoms with Crippen molar-refractivity contribution in [2.45, 2.75) is 31.1 Å². The molecule has 0 atom stereocenters. The van der Waals surface area contributed by atoms with E-state index in [1.807, 2.05) is 17.0 Å². The summed E-state index contributed by atoms with van der Waals surface area (Å²) in [5, 5.41) is 0. The second-order valence-corrected chi connectivity index (χ2v) is 6.38. The van der Waals surface area contributed by atoms with Crippen molar-refractivity contribution >= 4 is 17.5 Å². The summed E-state index contributed by atoms with van der Waals surface area (Å²) in [5.74, 6) is -0.245. The number of fused-ring (bicyclic) bond motifs is 2. The minimum absolute atomic E-state index is 0.0195. The molecular weight excluding hydrogens is 276 g/mol. The Hall–Kier alpha value is -2.10. The molecule has 3 rings (SSSR count). The van der Waals surface area contributed by atoms with Crippen molar-refractivity contribution in [3.63, 3.8) is 0 Å². The lowest BCUT2D eigenvalue weighted by Gasteiger charge is -2.25. The third-order valence-corrected chi connectivity index (χ3v) is 5.01. The molecule has 1 aromatic carbocycles. The number of rotatable bonds is 3. The minimum Gasteiger partial charge on any atom is -0.333 e. The van der Waals surface area contributed by atoms with E-state index in [4.69, 9.17) is 0 Å². The largest absolute Gasteiger partial charge is 0.333 e. The van der Waals surface area contributed by atoms with Gasteiger partial charge in [0, 0.05) is 24.7 Å². The van der Waals surface area contributed by atoms with Crippen molar-refractivity contribution in [1.29, 1.82) is 0 Å². The zero-order chi connectivity index (χ0) is 15.7. The average Bonchev–Trinajstić information content (AvgIpc) is 3.13. The zero-order valence-electron chi connectivity index (χ0n) is 13.0. The van der Waals surface area contributed by atoms with Crippen LogP contribution in [-0.4, -0.2) is 36.9 Å². The third-order valence-electron chi connectivity index (χ3n) is 5.01. The molecule has 1 fully saturated rings. The van der Waals surface area contributed by atoms with Gasteiger partial charge in [0.1, 0.15) is 6.54 Å². The van der Waals surface area contributed by atoms with Crippen LogP contribution in [0.15, 0.2) is 36.9 Å². The van der Waals surface area contributed by atoms with Gasteiger partial charge in [-0.05, 0) is 30.5 Å². The molecule has 2 aliphatic rings. The Morgan fingerprint density at radius 3 is 2.68 bits per heavy atom. The molecule has 0 unspecified atom stereocenters. The fourth-order valence-electron chi connectivity index (χ4n) is 3.85. The van der Waals surface area contributed by atoms with Crippen LogP contribution in [-0.2, 0) is 15.0 Å². The Labute approximate surface area is 131 Å². The molecule has 0 saturated heterocycles. The van der Waals surface area contributed by atoms with Crippen LogP contribution in [0.2, 0.25) is 0 Å². The number of hydrogen-bond donors (Lipinski definition) is 0. The summed E-state index contributed by atoms with van der Waals surface area (Å²) >= 11 is 0. The Bertz CT molecular complexity index is 617. The normalized spacial score (nSPS) is 18.3. The first-order valence-electron chi connectivity index (χ1n) is 7.85. The van der Waals surface area contributed by atoms with Gasteiger partial charge in [0.2, 0.25) is 11.8 Å². The molecule has 1 aliphatic heterocycles. The van der Waals surface area contributed by atoms with Crippen LogP contribution in [0.5, 0.6) is 0 Å². The van der Waals surface area contributed by atoms with Gasteiger partial charge in [0.25, 0.3) is 0 Å². The number of nitrogens with zero attached hydrogens (tertiary/aromatic N) is 2. The summed E-state index contributed by atoms with van der Waals surface area (Å²) in [6.07, 6.45) is 5.99. The van der Waals surface area contributed by atoms with Gasteiger partial charge in [-0.2, -0.15) is 0 Å². The first kappa shape index (κ1) is 14.8. The standard InChI is InChI=1S/C18H22N2O2/c1-3-16(21)19(2)12-17(22)20-13-18(10-6-7-11-18)14-8-4-5-9-15(14)20/h3-5,8-9H,1,6-7,10-13H2,2H3. The van der Waals surface area contributed by atoms with Gasteiger partial charge in [0.05, 0.1) is 0 Å². The maximum Gasteiger partial charge on any atom is 0.246 e. The summed E-state index contributed by atoms with van der Waals surface area (Å²) < 4.78 is 0. The Morgan fingerprint density at radius 2 is 2.00 bits per heavy atom. The highest BCUT2D eigenvalue weighted by molar-refractivity contribution is 6.00. The molecule has 0 N–H and O–H groups in total. The third kappa shape index (κ3) is 2.32. The highest BCUT2D eigenvalue weighted by atomic mass is 16.2. The molecule has 1 heterocycles. The Balaban J connectivity index is 1.85. The van der Waals surface area contributed by atoms with E-state index in [2.05, 4.69) is 18.7 Å². The first-order chi connectivity index (χ1) is 10.6. The van der Waals surface area contributed by atoms with Crippen molar-refractivity contribution in [3.05, 3.63) is 42.5 Å². The van der Waals surface area contributed by atoms with Gasteiger partial charge < -0.3 is 9.80 Å². The minimum atomic E-state index is -0.226. The number of likely N-dealkylation sites (N-methyl/N-ethyl adjacent to an activating group) is 1. The SMILES string of the molecule is C=CC(=O)N(C)CC(=O)N1CC2(CCCC2)c2ccccc21. The van der Waals surface area contributed by atoms with E-state index in [0.717, 1.165) is 25.1 Å². The highest BCUT2D eigenvalue weighted by Gasteiger charge is 2.45. The van der Waals surface area contributed by atoms with Crippen LogP contribution in [0, 0.1) is 0 Å². The van der Waals surface area contributed by atoms with Gasteiger partial charge >= 0.3 is 0 Å².